The van der Waals surface area contributed by atoms with Crippen LogP contribution in [0.25, 0.3) is 0 Å². The van der Waals surface area contributed by atoms with E-state index in [2.05, 4.69) is 6.92 Å². The summed E-state index contributed by atoms with van der Waals surface area (Å²) >= 11 is 0. The molecule has 3 nitrogen and oxygen atoms in total. The molecule has 76 valence electrons. The highest BCUT2D eigenvalue weighted by Crippen LogP contribution is 2.27. The van der Waals surface area contributed by atoms with Crippen LogP contribution in [0.3, 0.4) is 0 Å². The Labute approximate surface area is 79.6 Å². The van der Waals surface area contributed by atoms with Crippen LogP contribution in [0.15, 0.2) is 0 Å². The molecule has 0 radical (unpaired) electrons. The van der Waals surface area contributed by atoms with Gasteiger partial charge in [0.05, 0.1) is 18.3 Å². The highest BCUT2D eigenvalue weighted by Gasteiger charge is 2.35. The first-order valence-electron chi connectivity index (χ1n) is 5.30. The molecule has 0 aromatic carbocycles. The first kappa shape index (κ1) is 9.44. The van der Waals surface area contributed by atoms with E-state index in [4.69, 9.17) is 15.2 Å². The molecule has 2 N–H and O–H groups in total. The molecular weight excluding hydrogens is 166 g/mol. The molecule has 0 saturated carbocycles. The molecular formula is C10H19NO2. The predicted octanol–water partition coefficient (Wildman–Crippen LogP) is 1.06. The van der Waals surface area contributed by atoms with Gasteiger partial charge in [-0.3, -0.25) is 0 Å². The van der Waals surface area contributed by atoms with E-state index in [1.165, 1.54) is 0 Å². The first-order valence-corrected chi connectivity index (χ1v) is 5.30. The van der Waals surface area contributed by atoms with Gasteiger partial charge in [0, 0.05) is 12.6 Å². The van der Waals surface area contributed by atoms with Crippen LogP contribution in [0.4, 0.5) is 0 Å². The van der Waals surface area contributed by atoms with Crippen LogP contribution in [-0.4, -0.2) is 31.0 Å². The summed E-state index contributed by atoms with van der Waals surface area (Å²) in [6, 6.07) is 0.184. The maximum absolute atomic E-state index is 6.00. The Morgan fingerprint density at radius 3 is 2.69 bits per heavy atom. The second-order valence-corrected chi connectivity index (χ2v) is 4.20. The summed E-state index contributed by atoms with van der Waals surface area (Å²) < 4.78 is 11.4. The Morgan fingerprint density at radius 1 is 1.23 bits per heavy atom. The second kappa shape index (κ2) is 3.95. The average Bonchev–Trinajstić information content (AvgIpc) is 2.53. The molecule has 0 aliphatic carbocycles. The summed E-state index contributed by atoms with van der Waals surface area (Å²) in [5, 5.41) is 0. The number of nitrogens with two attached hydrogens (primary N) is 1. The Kier molecular flexibility index (Phi) is 2.86. The minimum Gasteiger partial charge on any atom is -0.374 e. The largest absolute Gasteiger partial charge is 0.374 e. The van der Waals surface area contributed by atoms with Gasteiger partial charge in [0.1, 0.15) is 0 Å². The van der Waals surface area contributed by atoms with Gasteiger partial charge in [-0.05, 0) is 32.6 Å². The Bertz CT molecular complexity index is 174. The first-order chi connectivity index (χ1) is 6.27. The molecule has 2 aliphatic heterocycles. The van der Waals surface area contributed by atoms with Crippen molar-refractivity contribution in [1.29, 1.82) is 0 Å². The number of ether oxygens (including phenoxy) is 2. The minimum absolute atomic E-state index is 0.152. The zero-order valence-electron chi connectivity index (χ0n) is 8.24. The van der Waals surface area contributed by atoms with Crippen molar-refractivity contribution in [2.45, 2.75) is 57.0 Å². The third kappa shape index (κ3) is 2.03. The van der Waals surface area contributed by atoms with Crippen molar-refractivity contribution in [3.63, 3.8) is 0 Å². The minimum atomic E-state index is 0.152. The van der Waals surface area contributed by atoms with Gasteiger partial charge in [-0.1, -0.05) is 0 Å². The standard InChI is InChI=1S/C10H19NO2/c1-7-4-5-9(13-7)10-8(11)3-2-6-12-10/h7-10H,2-6,11H2,1H3. The highest BCUT2D eigenvalue weighted by atomic mass is 16.5. The van der Waals surface area contributed by atoms with Gasteiger partial charge in [0.25, 0.3) is 0 Å². The van der Waals surface area contributed by atoms with E-state index >= 15 is 0 Å². The third-order valence-electron chi connectivity index (χ3n) is 3.05. The molecule has 2 rings (SSSR count). The van der Waals surface area contributed by atoms with Gasteiger partial charge >= 0.3 is 0 Å². The van der Waals surface area contributed by atoms with Crippen LogP contribution in [0.2, 0.25) is 0 Å². The maximum atomic E-state index is 6.00. The summed E-state index contributed by atoms with van der Waals surface area (Å²) in [4.78, 5) is 0. The lowest BCUT2D eigenvalue weighted by molar-refractivity contribution is -0.0928. The van der Waals surface area contributed by atoms with Gasteiger partial charge in [0.15, 0.2) is 0 Å². The Morgan fingerprint density at radius 2 is 2.08 bits per heavy atom. The van der Waals surface area contributed by atoms with Gasteiger partial charge < -0.3 is 15.2 Å². The molecule has 3 heteroatoms. The smallest absolute Gasteiger partial charge is 0.0987 e. The number of hydrogen-bond donors (Lipinski definition) is 1. The van der Waals surface area contributed by atoms with Crippen LogP contribution in [0.1, 0.15) is 32.6 Å². The highest BCUT2D eigenvalue weighted by molar-refractivity contribution is 4.87. The van der Waals surface area contributed by atoms with Gasteiger partial charge in [-0.2, -0.15) is 0 Å². The lowest BCUT2D eigenvalue weighted by atomic mass is 9.97. The van der Waals surface area contributed by atoms with E-state index in [-0.39, 0.29) is 18.2 Å². The summed E-state index contributed by atoms with van der Waals surface area (Å²) in [5.74, 6) is 0. The molecule has 4 unspecified atom stereocenters. The monoisotopic (exact) mass is 185 g/mol. The van der Waals surface area contributed by atoms with Crippen molar-refractivity contribution in [3.8, 4) is 0 Å². The quantitative estimate of drug-likeness (QED) is 0.664. The average molecular weight is 185 g/mol. The van der Waals surface area contributed by atoms with Gasteiger partial charge in [-0.15, -0.1) is 0 Å². The van der Waals surface area contributed by atoms with Crippen LogP contribution in [0.5, 0.6) is 0 Å². The molecule has 2 saturated heterocycles. The fourth-order valence-corrected chi connectivity index (χ4v) is 2.28. The lowest BCUT2D eigenvalue weighted by Gasteiger charge is -2.32. The fraction of sp³-hybridized carbons (Fsp3) is 1.00. The summed E-state index contributed by atoms with van der Waals surface area (Å²) in [6.45, 7) is 2.97. The molecule has 2 aliphatic rings. The van der Waals surface area contributed by atoms with E-state index in [0.717, 1.165) is 32.3 Å². The van der Waals surface area contributed by atoms with Crippen molar-refractivity contribution in [1.82, 2.24) is 0 Å². The van der Waals surface area contributed by atoms with E-state index in [0.29, 0.717) is 6.10 Å². The molecule has 0 amide bonds. The molecule has 13 heavy (non-hydrogen) atoms. The maximum Gasteiger partial charge on any atom is 0.0987 e. The molecule has 0 bridgehead atoms. The molecule has 2 fully saturated rings. The topological polar surface area (TPSA) is 44.5 Å². The normalized spacial score (nSPS) is 46.6. The van der Waals surface area contributed by atoms with E-state index < -0.39 is 0 Å². The number of rotatable bonds is 1. The molecule has 4 atom stereocenters. The third-order valence-corrected chi connectivity index (χ3v) is 3.05. The molecule has 0 spiro atoms. The summed E-state index contributed by atoms with van der Waals surface area (Å²) in [7, 11) is 0. The van der Waals surface area contributed by atoms with Crippen molar-refractivity contribution in [2.75, 3.05) is 6.61 Å². The van der Waals surface area contributed by atoms with Gasteiger partial charge in [0.2, 0.25) is 0 Å². The van der Waals surface area contributed by atoms with E-state index in [9.17, 15) is 0 Å². The second-order valence-electron chi connectivity index (χ2n) is 4.20. The zero-order valence-corrected chi connectivity index (χ0v) is 8.24. The van der Waals surface area contributed by atoms with Crippen LogP contribution in [-0.2, 0) is 9.47 Å². The van der Waals surface area contributed by atoms with Crippen LogP contribution < -0.4 is 5.73 Å². The fourth-order valence-electron chi connectivity index (χ4n) is 2.28. The van der Waals surface area contributed by atoms with Crippen molar-refractivity contribution in [3.05, 3.63) is 0 Å². The lowest BCUT2D eigenvalue weighted by Crippen LogP contribution is -2.47. The SMILES string of the molecule is CC1CCC(C2OCCCC2N)O1. The number of hydrogen-bond acceptors (Lipinski definition) is 3. The zero-order chi connectivity index (χ0) is 9.26. The predicted molar refractivity (Wildman–Crippen MR) is 50.5 cm³/mol. The summed E-state index contributed by atoms with van der Waals surface area (Å²) in [6.07, 6.45) is 5.24. The Balaban J connectivity index is 1.91. The van der Waals surface area contributed by atoms with Gasteiger partial charge in [-0.25, -0.2) is 0 Å². The van der Waals surface area contributed by atoms with E-state index in [1.807, 2.05) is 0 Å². The van der Waals surface area contributed by atoms with E-state index in [1.54, 1.807) is 0 Å². The van der Waals surface area contributed by atoms with Crippen molar-refractivity contribution >= 4 is 0 Å². The summed E-state index contributed by atoms with van der Waals surface area (Å²) in [5.41, 5.74) is 6.00. The molecule has 0 aromatic heterocycles. The van der Waals surface area contributed by atoms with Crippen molar-refractivity contribution in [2.24, 2.45) is 5.73 Å². The molecule has 2 heterocycles. The molecule has 0 aromatic rings. The van der Waals surface area contributed by atoms with Crippen molar-refractivity contribution < 1.29 is 9.47 Å². The Hall–Kier alpha value is -0.120. The van der Waals surface area contributed by atoms with Crippen LogP contribution in [0, 0.1) is 0 Å². The van der Waals surface area contributed by atoms with Crippen LogP contribution >= 0.6 is 0 Å².